The fourth-order valence-corrected chi connectivity index (χ4v) is 3.87. The molecule has 0 spiro atoms. The molecule has 0 saturated carbocycles. The molecule has 2 aromatic carbocycles. The molecule has 4 heteroatoms. The summed E-state index contributed by atoms with van der Waals surface area (Å²) in [7, 11) is 1.68. The van der Waals surface area contributed by atoms with Crippen molar-refractivity contribution in [2.45, 2.75) is 0 Å². The molecule has 0 heterocycles. The van der Waals surface area contributed by atoms with Crippen LogP contribution in [0.15, 0.2) is 46.9 Å². The van der Waals surface area contributed by atoms with E-state index in [9.17, 15) is 0 Å². The summed E-state index contributed by atoms with van der Waals surface area (Å²) in [5.74, 6) is 0.892. The zero-order chi connectivity index (χ0) is 12.3. The number of ether oxygens (including phenoxy) is 1. The molecule has 2 aromatic rings. The molecule has 0 unspecified atom stereocenters. The van der Waals surface area contributed by atoms with Gasteiger partial charge in [-0.25, -0.2) is 0 Å². The van der Waals surface area contributed by atoms with Crippen LogP contribution >= 0.6 is 15.9 Å². The van der Waals surface area contributed by atoms with E-state index >= 15 is 0 Å². The van der Waals surface area contributed by atoms with Crippen LogP contribution in [-0.4, -0.2) is 22.1 Å². The van der Waals surface area contributed by atoms with E-state index in [1.165, 1.54) is 8.92 Å². The fourth-order valence-electron chi connectivity index (χ4n) is 1.35. The zero-order valence-electron chi connectivity index (χ0n) is 9.31. The average Bonchev–Trinajstić information content (AvgIpc) is 2.35. The monoisotopic (exact) mass is 357 g/mol. The van der Waals surface area contributed by atoms with Crippen molar-refractivity contribution in [2.24, 2.45) is 0 Å². The van der Waals surface area contributed by atoms with Crippen LogP contribution in [-0.2, 0) is 0 Å². The van der Waals surface area contributed by atoms with Crippen LogP contribution in [0.1, 0.15) is 0 Å². The molecular formula is C13H12BrNOSe. The first-order chi connectivity index (χ1) is 8.19. The van der Waals surface area contributed by atoms with E-state index < -0.39 is 0 Å². The predicted molar refractivity (Wildman–Crippen MR) is 76.6 cm³/mol. The van der Waals surface area contributed by atoms with E-state index in [1.807, 2.05) is 18.2 Å². The van der Waals surface area contributed by atoms with Gasteiger partial charge in [0, 0.05) is 0 Å². The molecular weight excluding hydrogens is 345 g/mol. The van der Waals surface area contributed by atoms with Gasteiger partial charge in [-0.1, -0.05) is 0 Å². The van der Waals surface area contributed by atoms with E-state index in [-0.39, 0.29) is 0 Å². The van der Waals surface area contributed by atoms with Gasteiger partial charge in [0.1, 0.15) is 0 Å². The van der Waals surface area contributed by atoms with Gasteiger partial charge < -0.3 is 0 Å². The molecule has 0 aliphatic carbocycles. The Morgan fingerprint density at radius 3 is 2.29 bits per heavy atom. The third-order valence-corrected chi connectivity index (χ3v) is 5.05. The van der Waals surface area contributed by atoms with Crippen LogP contribution in [0.2, 0.25) is 0 Å². The number of benzene rings is 2. The van der Waals surface area contributed by atoms with E-state index in [1.54, 1.807) is 7.11 Å². The van der Waals surface area contributed by atoms with Crippen molar-refractivity contribution >= 4 is 45.5 Å². The van der Waals surface area contributed by atoms with E-state index in [4.69, 9.17) is 10.5 Å². The number of nitrogens with two attached hydrogens (primary N) is 1. The van der Waals surface area contributed by atoms with Gasteiger partial charge in [-0.05, 0) is 0 Å². The molecule has 2 nitrogen and oxygen atoms in total. The number of halogens is 1. The molecule has 2 N–H and O–H groups in total. The molecule has 2 rings (SSSR count). The Kier molecular flexibility index (Phi) is 4.10. The zero-order valence-corrected chi connectivity index (χ0v) is 12.6. The van der Waals surface area contributed by atoms with E-state index in [0.29, 0.717) is 15.0 Å². The molecule has 0 saturated heterocycles. The Balaban J connectivity index is 2.16. The number of methoxy groups -OCH3 is 1. The van der Waals surface area contributed by atoms with E-state index in [0.717, 1.165) is 15.9 Å². The van der Waals surface area contributed by atoms with E-state index in [2.05, 4.69) is 40.2 Å². The normalized spacial score (nSPS) is 10.2. The summed E-state index contributed by atoms with van der Waals surface area (Å²) in [6.07, 6.45) is 0. The molecule has 0 aromatic heterocycles. The first-order valence-electron chi connectivity index (χ1n) is 5.06. The first kappa shape index (κ1) is 12.5. The molecule has 0 atom stereocenters. The molecule has 88 valence electrons. The van der Waals surface area contributed by atoms with Crippen molar-refractivity contribution in [1.29, 1.82) is 0 Å². The van der Waals surface area contributed by atoms with Gasteiger partial charge in [0.15, 0.2) is 0 Å². The number of nitrogen functional groups attached to an aromatic ring is 1. The van der Waals surface area contributed by atoms with Gasteiger partial charge >= 0.3 is 116 Å². The number of rotatable bonds is 3. The Labute approximate surface area is 115 Å². The number of anilines is 1. The third-order valence-electron chi connectivity index (χ3n) is 2.27. The molecule has 17 heavy (non-hydrogen) atoms. The molecule has 0 amide bonds. The third kappa shape index (κ3) is 3.25. The van der Waals surface area contributed by atoms with Crippen molar-refractivity contribution in [1.82, 2.24) is 0 Å². The maximum atomic E-state index is 5.76. The predicted octanol–water partition coefficient (Wildman–Crippen LogP) is 1.69. The molecule has 0 radical (unpaired) electrons. The minimum absolute atomic E-state index is 0.294. The topological polar surface area (TPSA) is 35.2 Å². The van der Waals surface area contributed by atoms with Crippen LogP contribution in [0.3, 0.4) is 0 Å². The Hall–Kier alpha value is -0.961. The quantitative estimate of drug-likeness (QED) is 0.671. The van der Waals surface area contributed by atoms with Crippen LogP contribution in [0.25, 0.3) is 0 Å². The second-order valence-electron chi connectivity index (χ2n) is 3.46. The van der Waals surface area contributed by atoms with Crippen molar-refractivity contribution in [2.75, 3.05) is 12.8 Å². The van der Waals surface area contributed by atoms with Gasteiger partial charge in [-0.3, -0.25) is 0 Å². The van der Waals surface area contributed by atoms with Crippen molar-refractivity contribution in [3.8, 4) is 5.75 Å². The van der Waals surface area contributed by atoms with Gasteiger partial charge in [0.2, 0.25) is 0 Å². The van der Waals surface area contributed by atoms with Crippen LogP contribution in [0.5, 0.6) is 5.75 Å². The molecule has 0 fully saturated rings. The fraction of sp³-hybridized carbons (Fsp3) is 0.0769. The van der Waals surface area contributed by atoms with Gasteiger partial charge in [0.05, 0.1) is 0 Å². The maximum absolute atomic E-state index is 5.76. The Bertz CT molecular complexity index is 513. The minimum atomic E-state index is 0.294. The number of hydrogen-bond acceptors (Lipinski definition) is 2. The molecule has 0 aliphatic heterocycles. The standard InChI is InChI=1S/C13H12BrNOSe/c1-16-9-2-4-10(5-3-9)17-11-6-7-13(15)12(14)8-11/h2-8H,15H2,1H3. The second kappa shape index (κ2) is 5.58. The van der Waals surface area contributed by atoms with Gasteiger partial charge in [-0.15, -0.1) is 0 Å². The van der Waals surface area contributed by atoms with Crippen molar-refractivity contribution in [3.05, 3.63) is 46.9 Å². The summed E-state index contributed by atoms with van der Waals surface area (Å²) in [4.78, 5) is 0. The SMILES string of the molecule is COc1ccc([Se]c2ccc(N)c(Br)c2)cc1. The molecule has 0 bridgehead atoms. The van der Waals surface area contributed by atoms with Crippen LogP contribution in [0, 0.1) is 0 Å². The average molecular weight is 357 g/mol. The van der Waals surface area contributed by atoms with Crippen LogP contribution in [0.4, 0.5) is 5.69 Å². The molecule has 0 aliphatic rings. The number of hydrogen-bond donors (Lipinski definition) is 1. The van der Waals surface area contributed by atoms with Crippen molar-refractivity contribution < 1.29 is 4.74 Å². The summed E-state index contributed by atoms with van der Waals surface area (Å²) in [6, 6.07) is 14.3. The Morgan fingerprint density at radius 2 is 1.71 bits per heavy atom. The summed E-state index contributed by atoms with van der Waals surface area (Å²) in [6.45, 7) is 0. The summed E-state index contributed by atoms with van der Waals surface area (Å²) in [5.41, 5.74) is 6.54. The van der Waals surface area contributed by atoms with Crippen LogP contribution < -0.4 is 19.4 Å². The Morgan fingerprint density at radius 1 is 1.06 bits per heavy atom. The van der Waals surface area contributed by atoms with Crippen molar-refractivity contribution in [3.63, 3.8) is 0 Å². The summed E-state index contributed by atoms with van der Waals surface area (Å²) < 4.78 is 8.71. The van der Waals surface area contributed by atoms with Gasteiger partial charge in [0.25, 0.3) is 0 Å². The summed E-state index contributed by atoms with van der Waals surface area (Å²) in [5, 5.41) is 0. The second-order valence-corrected chi connectivity index (χ2v) is 6.72. The van der Waals surface area contributed by atoms with Gasteiger partial charge in [-0.2, -0.15) is 0 Å². The first-order valence-corrected chi connectivity index (χ1v) is 7.56. The summed E-state index contributed by atoms with van der Waals surface area (Å²) >= 11 is 3.74.